The Balaban J connectivity index is 1.74. The zero-order valence-electron chi connectivity index (χ0n) is 12.5. The molecule has 0 aliphatic carbocycles. The minimum absolute atomic E-state index is 0.139. The van der Waals surface area contributed by atoms with Crippen LogP contribution < -0.4 is 5.66 Å². The fraction of sp³-hybridized carbons (Fsp3) is 0.714. The van der Waals surface area contributed by atoms with Gasteiger partial charge in [0.15, 0.2) is 0 Å². The van der Waals surface area contributed by atoms with E-state index < -0.39 is 7.12 Å². The van der Waals surface area contributed by atoms with Crippen LogP contribution in [0.15, 0.2) is 16.5 Å². The summed E-state index contributed by atoms with van der Waals surface area (Å²) in [5.41, 5.74) is -0.0581. The molecule has 110 valence electrons. The van der Waals surface area contributed by atoms with Crippen molar-refractivity contribution in [3.63, 3.8) is 0 Å². The first-order valence-corrected chi connectivity index (χ1v) is 7.04. The summed E-state index contributed by atoms with van der Waals surface area (Å²) in [6, 6.07) is 3.79. The van der Waals surface area contributed by atoms with Crippen LogP contribution in [-0.2, 0) is 18.8 Å². The SMILES string of the molecule is CC1(C)OB(c2ccc(C3COCCO3)o2)OC1(C)C. The monoisotopic (exact) mass is 280 g/mol. The lowest BCUT2D eigenvalue weighted by Gasteiger charge is -2.32. The molecule has 1 unspecified atom stereocenters. The molecular weight excluding hydrogens is 259 g/mol. The maximum Gasteiger partial charge on any atom is 0.532 e. The van der Waals surface area contributed by atoms with E-state index in [2.05, 4.69) is 0 Å². The molecule has 0 spiro atoms. The molecule has 0 bridgehead atoms. The lowest BCUT2D eigenvalue weighted by Crippen LogP contribution is -2.41. The van der Waals surface area contributed by atoms with Gasteiger partial charge in [0.05, 0.1) is 31.0 Å². The first kappa shape index (κ1) is 14.1. The second-order valence-corrected chi connectivity index (χ2v) is 6.26. The van der Waals surface area contributed by atoms with Crippen LogP contribution in [0.5, 0.6) is 0 Å². The summed E-state index contributed by atoms with van der Waals surface area (Å²) in [6.45, 7) is 9.85. The van der Waals surface area contributed by atoms with Gasteiger partial charge in [-0.1, -0.05) is 0 Å². The zero-order chi connectivity index (χ0) is 14.4. The van der Waals surface area contributed by atoms with Gasteiger partial charge in [-0.15, -0.1) is 0 Å². The Hall–Kier alpha value is -0.815. The van der Waals surface area contributed by atoms with Crippen molar-refractivity contribution in [3.05, 3.63) is 17.9 Å². The Morgan fingerprint density at radius 1 is 1.05 bits per heavy atom. The molecule has 1 aromatic heterocycles. The summed E-state index contributed by atoms with van der Waals surface area (Å²) < 4.78 is 28.8. The Morgan fingerprint density at radius 2 is 1.75 bits per heavy atom. The highest BCUT2D eigenvalue weighted by molar-refractivity contribution is 6.60. The third kappa shape index (κ3) is 2.41. The van der Waals surface area contributed by atoms with Crippen LogP contribution in [0.25, 0.3) is 0 Å². The van der Waals surface area contributed by atoms with Crippen molar-refractivity contribution >= 4 is 12.8 Å². The Morgan fingerprint density at radius 3 is 2.35 bits per heavy atom. The van der Waals surface area contributed by atoms with Crippen molar-refractivity contribution in [2.45, 2.75) is 45.0 Å². The Bertz CT molecular complexity index is 460. The summed E-state index contributed by atoms with van der Waals surface area (Å²) in [5.74, 6) is 0.759. The number of rotatable bonds is 2. The summed E-state index contributed by atoms with van der Waals surface area (Å²) >= 11 is 0. The summed E-state index contributed by atoms with van der Waals surface area (Å²) in [6.07, 6.45) is -0.139. The van der Waals surface area contributed by atoms with Crippen molar-refractivity contribution in [3.8, 4) is 0 Å². The minimum Gasteiger partial charge on any atom is -0.467 e. The number of hydrogen-bond acceptors (Lipinski definition) is 5. The van der Waals surface area contributed by atoms with Crippen LogP contribution >= 0.6 is 0 Å². The lowest BCUT2D eigenvalue weighted by atomic mass is 9.86. The van der Waals surface area contributed by atoms with Crippen molar-refractivity contribution in [1.82, 2.24) is 0 Å². The van der Waals surface area contributed by atoms with Crippen LogP contribution in [0.3, 0.4) is 0 Å². The van der Waals surface area contributed by atoms with Crippen molar-refractivity contribution in [2.24, 2.45) is 0 Å². The molecule has 5 nitrogen and oxygen atoms in total. The molecule has 2 saturated heterocycles. The highest BCUT2D eigenvalue weighted by Gasteiger charge is 2.53. The second kappa shape index (κ2) is 4.88. The topological polar surface area (TPSA) is 50.1 Å². The molecule has 20 heavy (non-hydrogen) atoms. The number of furan rings is 1. The van der Waals surface area contributed by atoms with Gasteiger partial charge in [0.1, 0.15) is 17.5 Å². The third-order valence-corrected chi connectivity index (χ3v) is 4.27. The Labute approximate surface area is 119 Å². The van der Waals surface area contributed by atoms with E-state index in [0.717, 1.165) is 5.76 Å². The van der Waals surface area contributed by atoms with E-state index in [1.54, 1.807) is 0 Å². The van der Waals surface area contributed by atoms with Crippen molar-refractivity contribution in [2.75, 3.05) is 19.8 Å². The van der Waals surface area contributed by atoms with Crippen LogP contribution in [0.2, 0.25) is 0 Å². The van der Waals surface area contributed by atoms with Gasteiger partial charge in [-0.25, -0.2) is 0 Å². The fourth-order valence-electron chi connectivity index (χ4n) is 2.28. The molecule has 0 N–H and O–H groups in total. The average Bonchev–Trinajstić information content (AvgIpc) is 2.94. The van der Waals surface area contributed by atoms with E-state index >= 15 is 0 Å². The number of hydrogen-bond donors (Lipinski definition) is 0. The minimum atomic E-state index is -0.474. The molecule has 2 fully saturated rings. The molecule has 0 saturated carbocycles. The largest absolute Gasteiger partial charge is 0.532 e. The van der Waals surface area contributed by atoms with Gasteiger partial charge in [-0.05, 0) is 39.8 Å². The normalized spacial score (nSPS) is 28.8. The molecule has 1 atom stereocenters. The van der Waals surface area contributed by atoms with Gasteiger partial charge in [-0.3, -0.25) is 0 Å². The maximum atomic E-state index is 5.96. The van der Waals surface area contributed by atoms with Crippen LogP contribution in [0, 0.1) is 0 Å². The molecule has 3 heterocycles. The van der Waals surface area contributed by atoms with Crippen LogP contribution in [-0.4, -0.2) is 38.1 Å². The molecule has 2 aliphatic heterocycles. The van der Waals surface area contributed by atoms with E-state index in [1.807, 2.05) is 39.8 Å². The Kier molecular flexibility index (Phi) is 3.45. The predicted molar refractivity (Wildman–Crippen MR) is 73.9 cm³/mol. The zero-order valence-corrected chi connectivity index (χ0v) is 12.5. The van der Waals surface area contributed by atoms with E-state index in [0.29, 0.717) is 25.5 Å². The first-order chi connectivity index (χ1) is 9.39. The molecule has 3 rings (SSSR count). The molecular formula is C14H21BO5. The van der Waals surface area contributed by atoms with Gasteiger partial charge in [-0.2, -0.15) is 0 Å². The van der Waals surface area contributed by atoms with Crippen molar-refractivity contribution < 1.29 is 23.2 Å². The molecule has 6 heteroatoms. The summed E-state index contributed by atoms with van der Waals surface area (Å²) in [5, 5.41) is 0. The van der Waals surface area contributed by atoms with Gasteiger partial charge in [0.25, 0.3) is 0 Å². The first-order valence-electron chi connectivity index (χ1n) is 7.04. The molecule has 0 amide bonds. The summed E-state index contributed by atoms with van der Waals surface area (Å²) in [4.78, 5) is 0. The lowest BCUT2D eigenvalue weighted by molar-refractivity contribution is -0.0973. The van der Waals surface area contributed by atoms with Crippen LogP contribution in [0.4, 0.5) is 0 Å². The fourth-order valence-corrected chi connectivity index (χ4v) is 2.28. The van der Waals surface area contributed by atoms with Crippen molar-refractivity contribution in [1.29, 1.82) is 0 Å². The molecule has 1 aromatic rings. The van der Waals surface area contributed by atoms with Gasteiger partial charge < -0.3 is 23.2 Å². The van der Waals surface area contributed by atoms with E-state index in [9.17, 15) is 0 Å². The maximum absolute atomic E-state index is 5.96. The smallest absolute Gasteiger partial charge is 0.467 e. The van der Waals surface area contributed by atoms with Gasteiger partial charge >= 0.3 is 7.12 Å². The van der Waals surface area contributed by atoms with Gasteiger partial charge in [0, 0.05) is 0 Å². The van der Waals surface area contributed by atoms with E-state index in [-0.39, 0.29) is 17.3 Å². The third-order valence-electron chi connectivity index (χ3n) is 4.27. The molecule has 2 aliphatic rings. The summed E-state index contributed by atoms with van der Waals surface area (Å²) in [7, 11) is -0.474. The standard InChI is InChI=1S/C14H21BO5/c1-13(2)14(3,4)20-15(19-13)12-6-5-10(18-12)11-9-16-7-8-17-11/h5-6,11H,7-9H2,1-4H3. The quantitative estimate of drug-likeness (QED) is 0.771. The highest BCUT2D eigenvalue weighted by atomic mass is 16.7. The van der Waals surface area contributed by atoms with Gasteiger partial charge in [0.2, 0.25) is 0 Å². The molecule has 0 radical (unpaired) electrons. The van der Waals surface area contributed by atoms with E-state index in [1.165, 1.54) is 0 Å². The highest BCUT2D eigenvalue weighted by Crippen LogP contribution is 2.36. The average molecular weight is 280 g/mol. The molecule has 0 aromatic carbocycles. The van der Waals surface area contributed by atoms with E-state index in [4.69, 9.17) is 23.2 Å². The second-order valence-electron chi connectivity index (χ2n) is 6.26. The van der Waals surface area contributed by atoms with Crippen LogP contribution in [0.1, 0.15) is 39.6 Å². The predicted octanol–water partition coefficient (Wildman–Crippen LogP) is 1.67. The number of ether oxygens (including phenoxy) is 2.